The minimum Gasteiger partial charge on any atom is -0.366 e. The van der Waals surface area contributed by atoms with E-state index in [1.54, 1.807) is 0 Å². The van der Waals surface area contributed by atoms with Gasteiger partial charge in [-0.1, -0.05) is 13.8 Å². The maximum atomic E-state index is 11.3. The normalized spacial score (nSPS) is 12.5. The molecule has 0 bridgehead atoms. The van der Waals surface area contributed by atoms with Crippen molar-refractivity contribution < 1.29 is 0 Å². The molecule has 1 unspecified atom stereocenters. The summed E-state index contributed by atoms with van der Waals surface area (Å²) < 4.78 is 0. The third-order valence-corrected chi connectivity index (χ3v) is 2.25. The van der Waals surface area contributed by atoms with Crippen molar-refractivity contribution in [3.8, 4) is 0 Å². The van der Waals surface area contributed by atoms with Crippen LogP contribution in [-0.2, 0) is 6.42 Å². The highest BCUT2D eigenvalue weighted by atomic mass is 16.1. The fourth-order valence-corrected chi connectivity index (χ4v) is 1.29. The molecular formula is C10H18N4O. The topological polar surface area (TPSA) is 83.8 Å². The summed E-state index contributed by atoms with van der Waals surface area (Å²) in [6.45, 7) is 4.52. The summed E-state index contributed by atoms with van der Waals surface area (Å²) in [5.74, 6) is 1.30. The van der Waals surface area contributed by atoms with E-state index >= 15 is 0 Å². The molecule has 0 aliphatic heterocycles. The summed E-state index contributed by atoms with van der Waals surface area (Å²) >= 11 is 0. The fourth-order valence-electron chi connectivity index (χ4n) is 1.29. The number of rotatable bonds is 5. The van der Waals surface area contributed by atoms with E-state index in [-0.39, 0.29) is 11.6 Å². The van der Waals surface area contributed by atoms with Gasteiger partial charge in [0.2, 0.25) is 0 Å². The number of hydrogen-bond acceptors (Lipinski definition) is 4. The lowest BCUT2D eigenvalue weighted by atomic mass is 10.2. The molecular weight excluding hydrogens is 192 g/mol. The predicted molar refractivity (Wildman–Crippen MR) is 61.0 cm³/mol. The molecule has 5 nitrogen and oxygen atoms in total. The first-order valence-corrected chi connectivity index (χ1v) is 5.26. The Bertz CT molecular complexity index is 357. The van der Waals surface area contributed by atoms with Crippen LogP contribution in [0.2, 0.25) is 0 Å². The number of H-pyrrole nitrogens is 1. The number of hydrogen-bond donors (Lipinski definition) is 3. The lowest BCUT2D eigenvalue weighted by Gasteiger charge is -2.15. The molecule has 0 aliphatic carbocycles. The molecule has 0 aromatic carbocycles. The summed E-state index contributed by atoms with van der Waals surface area (Å²) in [5, 5.41) is 3.14. The zero-order chi connectivity index (χ0) is 11.3. The molecule has 0 fully saturated rings. The zero-order valence-corrected chi connectivity index (χ0v) is 9.21. The maximum absolute atomic E-state index is 11.3. The molecule has 1 heterocycles. The van der Waals surface area contributed by atoms with Crippen LogP contribution in [0.25, 0.3) is 0 Å². The Kier molecular flexibility index (Phi) is 4.30. The molecule has 0 saturated carbocycles. The quantitative estimate of drug-likeness (QED) is 0.660. The van der Waals surface area contributed by atoms with E-state index < -0.39 is 0 Å². The highest BCUT2D eigenvalue weighted by Crippen LogP contribution is 2.03. The van der Waals surface area contributed by atoms with Crippen molar-refractivity contribution in [3.63, 3.8) is 0 Å². The van der Waals surface area contributed by atoms with Crippen LogP contribution in [0.3, 0.4) is 0 Å². The molecule has 1 atom stereocenters. The van der Waals surface area contributed by atoms with Crippen LogP contribution in [0.15, 0.2) is 10.9 Å². The Morgan fingerprint density at radius 3 is 2.87 bits per heavy atom. The minimum atomic E-state index is -0.128. The number of anilines is 1. The van der Waals surface area contributed by atoms with Crippen LogP contribution < -0.4 is 16.6 Å². The largest absolute Gasteiger partial charge is 0.366 e. The van der Waals surface area contributed by atoms with Gasteiger partial charge in [0.25, 0.3) is 5.56 Å². The molecule has 5 heteroatoms. The third kappa shape index (κ3) is 3.36. The van der Waals surface area contributed by atoms with Gasteiger partial charge in [0.05, 0.1) is 0 Å². The molecule has 0 aliphatic rings. The first-order valence-electron chi connectivity index (χ1n) is 5.26. The van der Waals surface area contributed by atoms with Crippen molar-refractivity contribution in [2.45, 2.75) is 32.7 Å². The summed E-state index contributed by atoms with van der Waals surface area (Å²) in [6.07, 6.45) is 1.62. The van der Waals surface area contributed by atoms with E-state index in [9.17, 15) is 4.79 Å². The first kappa shape index (κ1) is 11.7. The fraction of sp³-hybridized carbons (Fsp3) is 0.600. The standard InChI is InChI=1S/C10H18N4O/c1-3-7(6-11)12-9-5-10(15)14-8(4-2)13-9/h5,7H,3-4,6,11H2,1-2H3,(H2,12,13,14,15). The van der Waals surface area contributed by atoms with Crippen molar-refractivity contribution >= 4 is 5.82 Å². The van der Waals surface area contributed by atoms with E-state index in [1.807, 2.05) is 13.8 Å². The predicted octanol–water partition coefficient (Wildman–Crippen LogP) is 0.481. The minimum absolute atomic E-state index is 0.128. The molecule has 1 aromatic rings. The molecule has 0 saturated heterocycles. The first-order chi connectivity index (χ1) is 7.19. The van der Waals surface area contributed by atoms with Crippen molar-refractivity contribution in [1.29, 1.82) is 0 Å². The van der Waals surface area contributed by atoms with E-state index in [4.69, 9.17) is 5.73 Å². The van der Waals surface area contributed by atoms with Crippen molar-refractivity contribution in [2.24, 2.45) is 5.73 Å². The number of nitrogens with zero attached hydrogens (tertiary/aromatic N) is 1. The molecule has 0 amide bonds. The average Bonchev–Trinajstić information content (AvgIpc) is 2.25. The summed E-state index contributed by atoms with van der Waals surface area (Å²) in [7, 11) is 0. The van der Waals surface area contributed by atoms with E-state index in [1.165, 1.54) is 6.07 Å². The zero-order valence-electron chi connectivity index (χ0n) is 9.21. The van der Waals surface area contributed by atoms with Gasteiger partial charge < -0.3 is 16.0 Å². The van der Waals surface area contributed by atoms with Crippen LogP contribution in [0, 0.1) is 0 Å². The van der Waals surface area contributed by atoms with Crippen molar-refractivity contribution in [1.82, 2.24) is 9.97 Å². The summed E-state index contributed by atoms with van der Waals surface area (Å²) in [5.41, 5.74) is 5.44. The summed E-state index contributed by atoms with van der Waals surface area (Å²) in [6, 6.07) is 1.63. The lowest BCUT2D eigenvalue weighted by molar-refractivity contribution is 0.697. The number of aromatic amines is 1. The van der Waals surface area contributed by atoms with Crippen LogP contribution in [-0.4, -0.2) is 22.6 Å². The van der Waals surface area contributed by atoms with Crippen molar-refractivity contribution in [3.05, 3.63) is 22.2 Å². The van der Waals surface area contributed by atoms with Gasteiger partial charge >= 0.3 is 0 Å². The van der Waals surface area contributed by atoms with E-state index in [0.717, 1.165) is 6.42 Å². The number of aromatic nitrogens is 2. The average molecular weight is 210 g/mol. The van der Waals surface area contributed by atoms with Gasteiger partial charge in [-0.15, -0.1) is 0 Å². The van der Waals surface area contributed by atoms with Gasteiger partial charge in [0.1, 0.15) is 11.6 Å². The van der Waals surface area contributed by atoms with Gasteiger partial charge in [-0.3, -0.25) is 4.79 Å². The highest BCUT2D eigenvalue weighted by molar-refractivity contribution is 5.34. The molecule has 0 radical (unpaired) electrons. The van der Waals surface area contributed by atoms with Gasteiger partial charge in [0.15, 0.2) is 0 Å². The van der Waals surface area contributed by atoms with E-state index in [0.29, 0.717) is 24.6 Å². The molecule has 15 heavy (non-hydrogen) atoms. The SMILES string of the molecule is CCc1nc(NC(CC)CN)cc(=O)[nH]1. The smallest absolute Gasteiger partial charge is 0.252 e. The Hall–Kier alpha value is -1.36. The number of aryl methyl sites for hydroxylation is 1. The molecule has 1 rings (SSSR count). The maximum Gasteiger partial charge on any atom is 0.252 e. The second-order valence-electron chi connectivity index (χ2n) is 3.42. The molecule has 0 spiro atoms. The second-order valence-corrected chi connectivity index (χ2v) is 3.42. The lowest BCUT2D eigenvalue weighted by Crippen LogP contribution is -2.29. The van der Waals surface area contributed by atoms with E-state index in [2.05, 4.69) is 15.3 Å². The van der Waals surface area contributed by atoms with Gasteiger partial charge in [-0.2, -0.15) is 0 Å². The molecule has 1 aromatic heterocycles. The second kappa shape index (κ2) is 5.50. The number of nitrogens with one attached hydrogen (secondary N) is 2. The van der Waals surface area contributed by atoms with Gasteiger partial charge in [-0.05, 0) is 6.42 Å². The van der Waals surface area contributed by atoms with Gasteiger partial charge in [0, 0.05) is 25.1 Å². The molecule has 4 N–H and O–H groups in total. The monoisotopic (exact) mass is 210 g/mol. The van der Waals surface area contributed by atoms with Crippen LogP contribution in [0.4, 0.5) is 5.82 Å². The molecule has 84 valence electrons. The van der Waals surface area contributed by atoms with Crippen LogP contribution >= 0.6 is 0 Å². The van der Waals surface area contributed by atoms with Crippen LogP contribution in [0.1, 0.15) is 26.1 Å². The number of nitrogens with two attached hydrogens (primary N) is 1. The Morgan fingerprint density at radius 1 is 1.60 bits per heavy atom. The van der Waals surface area contributed by atoms with Crippen molar-refractivity contribution in [2.75, 3.05) is 11.9 Å². The Morgan fingerprint density at radius 2 is 2.33 bits per heavy atom. The third-order valence-electron chi connectivity index (χ3n) is 2.25. The summed E-state index contributed by atoms with van der Waals surface area (Å²) in [4.78, 5) is 18.2. The Balaban J connectivity index is 2.84. The van der Waals surface area contributed by atoms with Crippen LogP contribution in [0.5, 0.6) is 0 Å². The Labute approximate surface area is 89.1 Å². The highest BCUT2D eigenvalue weighted by Gasteiger charge is 2.05. The van der Waals surface area contributed by atoms with Gasteiger partial charge in [-0.25, -0.2) is 4.98 Å².